The van der Waals surface area contributed by atoms with Crippen LogP contribution in [0.1, 0.15) is 33.3 Å². The summed E-state index contributed by atoms with van der Waals surface area (Å²) in [5.74, 6) is 0.856. The molecule has 25 heavy (non-hydrogen) atoms. The minimum Gasteiger partial charge on any atom is -0.492 e. The van der Waals surface area contributed by atoms with Crippen molar-refractivity contribution in [2.45, 2.75) is 43.3 Å². The molecule has 0 aromatic heterocycles. The van der Waals surface area contributed by atoms with Crippen LogP contribution in [0.2, 0.25) is 0 Å². The molecule has 0 saturated heterocycles. The maximum atomic E-state index is 12.1. The van der Waals surface area contributed by atoms with Crippen molar-refractivity contribution >= 4 is 17.7 Å². The van der Waals surface area contributed by atoms with Crippen LogP contribution in [0, 0.1) is 0 Å². The van der Waals surface area contributed by atoms with Crippen LogP contribution in [0.3, 0.4) is 0 Å². The summed E-state index contributed by atoms with van der Waals surface area (Å²) >= 11 is 1.56. The van der Waals surface area contributed by atoms with Gasteiger partial charge in [0.15, 0.2) is 0 Å². The van der Waals surface area contributed by atoms with E-state index in [4.69, 9.17) is 4.74 Å². The van der Waals surface area contributed by atoms with E-state index in [2.05, 4.69) is 38.2 Å². The number of rotatable bonds is 7. The molecule has 0 fully saturated rings. The van der Waals surface area contributed by atoms with E-state index in [1.165, 1.54) is 5.56 Å². The summed E-state index contributed by atoms with van der Waals surface area (Å²) < 4.78 is 5.70. The third-order valence-corrected chi connectivity index (χ3v) is 4.93. The Morgan fingerprint density at radius 2 is 1.72 bits per heavy atom. The van der Waals surface area contributed by atoms with E-state index in [9.17, 15) is 4.79 Å². The second-order valence-corrected chi connectivity index (χ2v) is 8.40. The number of carbonyl (C=O) groups excluding carboxylic acids is 1. The van der Waals surface area contributed by atoms with Gasteiger partial charge in [-0.3, -0.25) is 4.79 Å². The molecule has 2 aromatic rings. The maximum absolute atomic E-state index is 12.1. The molecule has 0 saturated carbocycles. The summed E-state index contributed by atoms with van der Waals surface area (Å²) in [4.78, 5) is 13.2. The van der Waals surface area contributed by atoms with E-state index in [1.54, 1.807) is 11.8 Å². The Morgan fingerprint density at radius 1 is 1.08 bits per heavy atom. The van der Waals surface area contributed by atoms with Crippen LogP contribution in [0.4, 0.5) is 0 Å². The minimum absolute atomic E-state index is 0.0283. The molecule has 0 heterocycles. The van der Waals surface area contributed by atoms with Crippen LogP contribution in [-0.4, -0.2) is 24.3 Å². The number of hydrogen-bond donors (Lipinski definition) is 1. The number of ether oxygens (including phenoxy) is 1. The zero-order chi connectivity index (χ0) is 18.3. The Morgan fingerprint density at radius 3 is 2.32 bits per heavy atom. The second kappa shape index (κ2) is 8.95. The lowest BCUT2D eigenvalue weighted by Gasteiger charge is -2.19. The highest BCUT2D eigenvalue weighted by Gasteiger charge is 2.14. The highest BCUT2D eigenvalue weighted by molar-refractivity contribution is 8.00. The van der Waals surface area contributed by atoms with E-state index in [0.29, 0.717) is 13.2 Å². The quantitative estimate of drug-likeness (QED) is 0.578. The van der Waals surface area contributed by atoms with Gasteiger partial charge in [-0.05, 0) is 42.2 Å². The zero-order valence-corrected chi connectivity index (χ0v) is 16.2. The summed E-state index contributed by atoms with van der Waals surface area (Å²) in [7, 11) is 0. The van der Waals surface area contributed by atoms with E-state index in [-0.39, 0.29) is 16.6 Å². The average molecular weight is 358 g/mol. The topological polar surface area (TPSA) is 38.3 Å². The normalized spacial score (nSPS) is 12.5. The molecule has 0 unspecified atom stereocenters. The number of amides is 1. The fourth-order valence-electron chi connectivity index (χ4n) is 2.29. The van der Waals surface area contributed by atoms with Crippen LogP contribution in [0.25, 0.3) is 0 Å². The number of hydrogen-bond acceptors (Lipinski definition) is 3. The monoisotopic (exact) mass is 357 g/mol. The van der Waals surface area contributed by atoms with Crippen molar-refractivity contribution in [3.8, 4) is 5.75 Å². The second-order valence-electron chi connectivity index (χ2n) is 6.99. The Bertz CT molecular complexity index is 663. The van der Waals surface area contributed by atoms with Gasteiger partial charge in [0.1, 0.15) is 12.4 Å². The minimum atomic E-state index is -0.131. The molecule has 0 radical (unpaired) electrons. The summed E-state index contributed by atoms with van der Waals surface area (Å²) in [5, 5.41) is 2.79. The van der Waals surface area contributed by atoms with Crippen LogP contribution in [0.15, 0.2) is 59.5 Å². The number of nitrogens with one attached hydrogen (secondary N) is 1. The molecule has 0 bridgehead atoms. The van der Waals surface area contributed by atoms with Crippen molar-refractivity contribution in [3.63, 3.8) is 0 Å². The lowest BCUT2D eigenvalue weighted by molar-refractivity contribution is -0.120. The Balaban J connectivity index is 1.70. The van der Waals surface area contributed by atoms with E-state index >= 15 is 0 Å². The first-order valence-corrected chi connectivity index (χ1v) is 9.47. The van der Waals surface area contributed by atoms with Crippen LogP contribution < -0.4 is 10.1 Å². The summed E-state index contributed by atoms with van der Waals surface area (Å²) in [6.07, 6.45) is 0. The number of benzene rings is 2. The van der Waals surface area contributed by atoms with Crippen molar-refractivity contribution in [1.29, 1.82) is 0 Å². The molecular weight excluding hydrogens is 330 g/mol. The number of carbonyl (C=O) groups is 1. The summed E-state index contributed by atoms with van der Waals surface area (Å²) in [6.45, 7) is 9.44. The molecule has 3 nitrogen and oxygen atoms in total. The molecule has 2 aromatic carbocycles. The zero-order valence-electron chi connectivity index (χ0n) is 15.4. The van der Waals surface area contributed by atoms with Gasteiger partial charge in [0.2, 0.25) is 5.91 Å². The lowest BCUT2D eigenvalue weighted by atomic mass is 9.87. The Hall–Kier alpha value is -1.94. The highest BCUT2D eigenvalue weighted by Crippen LogP contribution is 2.24. The molecule has 1 amide bonds. The molecule has 1 N–H and O–H groups in total. The molecule has 0 aliphatic rings. The standard InChI is InChI=1S/C21H27NO2S/c1-16(25-19-8-6-5-7-9-19)20(23)22-14-15-24-18-12-10-17(11-13-18)21(2,3)4/h5-13,16H,14-15H2,1-4H3,(H,22,23)/t16-/m1/s1. The first-order valence-electron chi connectivity index (χ1n) is 8.59. The number of thioether (sulfide) groups is 1. The van der Waals surface area contributed by atoms with Crippen molar-refractivity contribution < 1.29 is 9.53 Å². The van der Waals surface area contributed by atoms with Crippen molar-refractivity contribution in [3.05, 3.63) is 60.2 Å². The van der Waals surface area contributed by atoms with Gasteiger partial charge >= 0.3 is 0 Å². The van der Waals surface area contributed by atoms with E-state index in [1.807, 2.05) is 49.4 Å². The molecule has 0 spiro atoms. The predicted octanol–water partition coefficient (Wildman–Crippen LogP) is 4.66. The fourth-order valence-corrected chi connectivity index (χ4v) is 3.21. The van der Waals surface area contributed by atoms with Gasteiger partial charge in [-0.2, -0.15) is 0 Å². The van der Waals surface area contributed by atoms with Gasteiger partial charge in [-0.25, -0.2) is 0 Å². The van der Waals surface area contributed by atoms with E-state index in [0.717, 1.165) is 10.6 Å². The van der Waals surface area contributed by atoms with Crippen LogP contribution in [-0.2, 0) is 10.2 Å². The fraction of sp³-hybridized carbons (Fsp3) is 0.381. The van der Waals surface area contributed by atoms with E-state index < -0.39 is 0 Å². The Labute approximate surface area is 155 Å². The first kappa shape index (κ1) is 19.4. The highest BCUT2D eigenvalue weighted by atomic mass is 32.2. The van der Waals surface area contributed by atoms with Gasteiger partial charge in [-0.15, -0.1) is 11.8 Å². The van der Waals surface area contributed by atoms with Gasteiger partial charge in [0.05, 0.1) is 11.8 Å². The lowest BCUT2D eigenvalue weighted by Crippen LogP contribution is -2.33. The van der Waals surface area contributed by atoms with Crippen molar-refractivity contribution in [2.75, 3.05) is 13.2 Å². The Kier molecular flexibility index (Phi) is 6.94. The SMILES string of the molecule is C[C@@H](Sc1ccccc1)C(=O)NCCOc1ccc(C(C)(C)C)cc1. The first-order chi connectivity index (χ1) is 11.9. The maximum Gasteiger partial charge on any atom is 0.233 e. The third kappa shape index (κ3) is 6.46. The average Bonchev–Trinajstić information content (AvgIpc) is 2.59. The van der Waals surface area contributed by atoms with Gasteiger partial charge in [-0.1, -0.05) is 51.1 Å². The molecule has 0 aliphatic carbocycles. The van der Waals surface area contributed by atoms with Gasteiger partial charge in [0, 0.05) is 4.90 Å². The van der Waals surface area contributed by atoms with Crippen molar-refractivity contribution in [2.24, 2.45) is 0 Å². The van der Waals surface area contributed by atoms with Crippen LogP contribution >= 0.6 is 11.8 Å². The smallest absolute Gasteiger partial charge is 0.233 e. The predicted molar refractivity (Wildman–Crippen MR) is 105 cm³/mol. The van der Waals surface area contributed by atoms with Gasteiger partial charge in [0.25, 0.3) is 0 Å². The summed E-state index contributed by atoms with van der Waals surface area (Å²) in [6, 6.07) is 18.1. The molecule has 4 heteroatoms. The third-order valence-electron chi connectivity index (χ3n) is 3.82. The summed E-state index contributed by atoms with van der Waals surface area (Å²) in [5.41, 5.74) is 1.42. The molecule has 2 rings (SSSR count). The molecule has 0 aliphatic heterocycles. The van der Waals surface area contributed by atoms with Gasteiger partial charge < -0.3 is 10.1 Å². The molecular formula is C21H27NO2S. The largest absolute Gasteiger partial charge is 0.492 e. The van der Waals surface area contributed by atoms with Crippen molar-refractivity contribution in [1.82, 2.24) is 5.32 Å². The van der Waals surface area contributed by atoms with Crippen LogP contribution in [0.5, 0.6) is 5.75 Å². The molecule has 134 valence electrons. The molecule has 1 atom stereocenters.